The van der Waals surface area contributed by atoms with Crippen molar-refractivity contribution in [2.75, 3.05) is 13.2 Å². The van der Waals surface area contributed by atoms with Crippen LogP contribution >= 0.6 is 23.2 Å². The number of halogens is 2. The number of hydrogen-bond acceptors (Lipinski definition) is 6. The molecule has 9 heteroatoms. The summed E-state index contributed by atoms with van der Waals surface area (Å²) in [5.41, 5.74) is -1.51. The van der Waals surface area contributed by atoms with Gasteiger partial charge >= 0.3 is 5.97 Å². The zero-order valence-electron chi connectivity index (χ0n) is 12.3. The van der Waals surface area contributed by atoms with Gasteiger partial charge in [-0.2, -0.15) is 10.2 Å². The van der Waals surface area contributed by atoms with Crippen molar-refractivity contribution in [1.82, 2.24) is 5.32 Å². The summed E-state index contributed by atoms with van der Waals surface area (Å²) in [6, 6.07) is 2.65. The minimum Gasteiger partial charge on any atom is -0.505 e. The number of carbonyl (C=O) groups excluding carboxylic acids is 2. The number of carbonyl (C=O) groups is 2. The van der Waals surface area contributed by atoms with Gasteiger partial charge in [-0.15, -0.1) is 0 Å². The quantitative estimate of drug-likeness (QED) is 0.490. The first-order valence-electron chi connectivity index (χ1n) is 6.97. The molecule has 0 spiro atoms. The van der Waals surface area contributed by atoms with Gasteiger partial charge in [-0.3, -0.25) is 4.79 Å². The fourth-order valence-corrected chi connectivity index (χ4v) is 2.62. The third kappa shape index (κ3) is 3.56. The maximum atomic E-state index is 12.2. The van der Waals surface area contributed by atoms with Crippen molar-refractivity contribution in [3.8, 4) is 5.75 Å². The highest BCUT2D eigenvalue weighted by molar-refractivity contribution is 6.37. The van der Waals surface area contributed by atoms with Gasteiger partial charge in [0.1, 0.15) is 0 Å². The van der Waals surface area contributed by atoms with E-state index in [9.17, 15) is 14.7 Å². The van der Waals surface area contributed by atoms with Gasteiger partial charge in [-0.25, -0.2) is 4.79 Å². The van der Waals surface area contributed by atoms with Crippen molar-refractivity contribution in [2.24, 2.45) is 10.2 Å². The lowest BCUT2D eigenvalue weighted by Gasteiger charge is -2.28. The molecule has 0 aromatic heterocycles. The zero-order chi connectivity index (χ0) is 17.0. The molecule has 1 aromatic rings. The van der Waals surface area contributed by atoms with Crippen LogP contribution in [-0.4, -0.2) is 35.7 Å². The fraction of sp³-hybridized carbons (Fsp3) is 0.429. The highest BCUT2D eigenvalue weighted by Gasteiger charge is 2.49. The van der Waals surface area contributed by atoms with Crippen LogP contribution in [-0.2, 0) is 14.3 Å². The first kappa shape index (κ1) is 17.5. The third-order valence-corrected chi connectivity index (χ3v) is 3.90. The molecule has 1 unspecified atom stereocenters. The van der Waals surface area contributed by atoms with Crippen LogP contribution in [0.1, 0.15) is 19.8 Å². The van der Waals surface area contributed by atoms with Gasteiger partial charge in [0.05, 0.1) is 22.3 Å². The second-order valence-corrected chi connectivity index (χ2v) is 5.71. The van der Waals surface area contributed by atoms with Gasteiger partial charge in [0, 0.05) is 6.54 Å². The van der Waals surface area contributed by atoms with Crippen molar-refractivity contribution in [2.45, 2.75) is 25.3 Å². The Bertz CT molecular complexity index is 642. The number of amides is 1. The van der Waals surface area contributed by atoms with Crippen LogP contribution in [0.4, 0.5) is 5.69 Å². The van der Waals surface area contributed by atoms with Gasteiger partial charge in [-0.1, -0.05) is 23.2 Å². The molecule has 2 rings (SSSR count). The van der Waals surface area contributed by atoms with Crippen LogP contribution in [0.15, 0.2) is 22.4 Å². The zero-order valence-corrected chi connectivity index (χ0v) is 13.8. The minimum absolute atomic E-state index is 0.00951. The molecule has 1 aromatic carbocycles. The third-order valence-electron chi connectivity index (χ3n) is 3.33. The number of nitrogens with one attached hydrogen (secondary N) is 1. The maximum absolute atomic E-state index is 12.2. The number of benzene rings is 1. The number of ether oxygens (including phenoxy) is 1. The lowest BCUT2D eigenvalue weighted by molar-refractivity contribution is -0.155. The van der Waals surface area contributed by atoms with E-state index in [1.807, 2.05) is 0 Å². The number of nitrogens with zero attached hydrogens (tertiary/aromatic N) is 2. The number of rotatable bonds is 4. The number of azo groups is 1. The molecule has 1 saturated heterocycles. The summed E-state index contributed by atoms with van der Waals surface area (Å²) in [5, 5.41) is 19.9. The Morgan fingerprint density at radius 3 is 2.65 bits per heavy atom. The Kier molecular flexibility index (Phi) is 5.43. The molecular weight excluding hydrogens is 345 g/mol. The van der Waals surface area contributed by atoms with Crippen LogP contribution in [0, 0.1) is 0 Å². The molecule has 1 atom stereocenters. The Balaban J connectivity index is 2.38. The Morgan fingerprint density at radius 1 is 1.43 bits per heavy atom. The van der Waals surface area contributed by atoms with Gasteiger partial charge in [-0.05, 0) is 31.9 Å². The van der Waals surface area contributed by atoms with Gasteiger partial charge < -0.3 is 15.2 Å². The van der Waals surface area contributed by atoms with Gasteiger partial charge in [0.25, 0.3) is 11.4 Å². The molecule has 1 aliphatic heterocycles. The van der Waals surface area contributed by atoms with Gasteiger partial charge in [0.15, 0.2) is 5.75 Å². The van der Waals surface area contributed by atoms with E-state index >= 15 is 0 Å². The summed E-state index contributed by atoms with van der Waals surface area (Å²) < 4.78 is 4.96. The molecule has 124 valence electrons. The first-order valence-corrected chi connectivity index (χ1v) is 7.72. The molecule has 1 aliphatic rings. The van der Waals surface area contributed by atoms with E-state index in [2.05, 4.69) is 15.5 Å². The largest absolute Gasteiger partial charge is 0.505 e. The van der Waals surface area contributed by atoms with E-state index in [1.165, 1.54) is 12.1 Å². The summed E-state index contributed by atoms with van der Waals surface area (Å²) >= 11 is 11.6. The molecule has 0 bridgehead atoms. The first-order chi connectivity index (χ1) is 10.9. The molecular formula is C14H15Cl2N3O4. The highest BCUT2D eigenvalue weighted by Crippen LogP contribution is 2.36. The van der Waals surface area contributed by atoms with Crippen molar-refractivity contribution in [1.29, 1.82) is 0 Å². The molecule has 0 saturated carbocycles. The molecule has 0 aliphatic carbocycles. The van der Waals surface area contributed by atoms with Crippen molar-refractivity contribution in [3.05, 3.63) is 22.2 Å². The summed E-state index contributed by atoms with van der Waals surface area (Å²) in [6.07, 6.45) is 0.765. The molecule has 1 heterocycles. The van der Waals surface area contributed by atoms with E-state index in [0.29, 0.717) is 13.0 Å². The van der Waals surface area contributed by atoms with E-state index < -0.39 is 17.4 Å². The van der Waals surface area contributed by atoms with E-state index in [0.717, 1.165) is 0 Å². The summed E-state index contributed by atoms with van der Waals surface area (Å²) in [4.78, 5) is 24.4. The number of aromatic hydroxyl groups is 1. The number of phenols is 1. The normalized spacial score (nSPS) is 21.3. The van der Waals surface area contributed by atoms with Crippen LogP contribution < -0.4 is 5.32 Å². The SMILES string of the molecule is CCOC(=O)C1(N=Nc2cc(Cl)c(O)c(Cl)c2)CCCNC1=O. The molecule has 1 fully saturated rings. The standard InChI is InChI=1S/C14H15Cl2N3O4/c1-2-23-13(22)14(4-3-5-17-12(14)21)19-18-8-6-9(15)11(20)10(16)7-8/h6-7,20H,2-5H2,1H3,(H,17,21). The number of phenolic OH excluding ortho intramolecular Hbond substituents is 1. The van der Waals surface area contributed by atoms with Gasteiger partial charge in [0.2, 0.25) is 0 Å². The fourth-order valence-electron chi connectivity index (χ4n) is 2.14. The number of esters is 1. The number of piperidine rings is 1. The van der Waals surface area contributed by atoms with E-state index in [-0.39, 0.29) is 34.5 Å². The van der Waals surface area contributed by atoms with Crippen molar-refractivity contribution >= 4 is 40.8 Å². The lowest BCUT2D eigenvalue weighted by atomic mass is 9.90. The average molecular weight is 360 g/mol. The molecule has 0 radical (unpaired) electrons. The second kappa shape index (κ2) is 7.14. The topological polar surface area (TPSA) is 100 Å². The Labute approximate surface area is 142 Å². The summed E-state index contributed by atoms with van der Waals surface area (Å²) in [6.45, 7) is 2.23. The average Bonchev–Trinajstić information content (AvgIpc) is 2.52. The summed E-state index contributed by atoms with van der Waals surface area (Å²) in [7, 11) is 0. The van der Waals surface area contributed by atoms with E-state index in [1.54, 1.807) is 6.92 Å². The van der Waals surface area contributed by atoms with Crippen LogP contribution in [0.3, 0.4) is 0 Å². The lowest BCUT2D eigenvalue weighted by Crippen LogP contribution is -2.55. The predicted molar refractivity (Wildman–Crippen MR) is 84.3 cm³/mol. The molecule has 1 amide bonds. The monoisotopic (exact) mass is 359 g/mol. The highest BCUT2D eigenvalue weighted by atomic mass is 35.5. The van der Waals surface area contributed by atoms with E-state index in [4.69, 9.17) is 27.9 Å². The number of hydrogen-bond donors (Lipinski definition) is 2. The predicted octanol–water partition coefficient (Wildman–Crippen LogP) is 2.99. The Morgan fingerprint density at radius 2 is 2.09 bits per heavy atom. The molecule has 23 heavy (non-hydrogen) atoms. The maximum Gasteiger partial charge on any atom is 0.345 e. The van der Waals surface area contributed by atoms with Crippen LogP contribution in [0.2, 0.25) is 10.0 Å². The van der Waals surface area contributed by atoms with Crippen molar-refractivity contribution < 1.29 is 19.4 Å². The summed E-state index contributed by atoms with van der Waals surface area (Å²) in [5.74, 6) is -1.58. The minimum atomic E-state index is -1.72. The van der Waals surface area contributed by atoms with Crippen LogP contribution in [0.25, 0.3) is 0 Å². The smallest absolute Gasteiger partial charge is 0.345 e. The molecule has 2 N–H and O–H groups in total. The second-order valence-electron chi connectivity index (χ2n) is 4.90. The Hall–Kier alpha value is -1.86. The molecule has 7 nitrogen and oxygen atoms in total. The van der Waals surface area contributed by atoms with Crippen LogP contribution in [0.5, 0.6) is 5.75 Å². The van der Waals surface area contributed by atoms with Crippen molar-refractivity contribution in [3.63, 3.8) is 0 Å².